The van der Waals surface area contributed by atoms with Gasteiger partial charge in [-0.25, -0.2) is 0 Å². The molecule has 0 aromatic heterocycles. The van der Waals surface area contributed by atoms with Gasteiger partial charge in [0.05, 0.1) is 14.2 Å². The van der Waals surface area contributed by atoms with Crippen LogP contribution < -0.4 is 19.5 Å². The van der Waals surface area contributed by atoms with E-state index >= 15 is 0 Å². The number of anilines is 1. The molecule has 0 saturated heterocycles. The largest absolute Gasteiger partial charge is 0.497 e. The van der Waals surface area contributed by atoms with Crippen LogP contribution in [0.2, 0.25) is 0 Å². The van der Waals surface area contributed by atoms with Crippen molar-refractivity contribution in [3.63, 3.8) is 0 Å². The molecule has 0 atom stereocenters. The molecule has 0 aliphatic carbocycles. The van der Waals surface area contributed by atoms with Crippen LogP contribution in [0.1, 0.15) is 5.56 Å². The van der Waals surface area contributed by atoms with E-state index in [1.165, 1.54) is 6.08 Å². The average molecular weight is 339 g/mol. The van der Waals surface area contributed by atoms with Crippen LogP contribution in [-0.2, 0) is 4.79 Å². The Balaban J connectivity index is 2.04. The van der Waals surface area contributed by atoms with Crippen LogP contribution in [0.15, 0.2) is 61.2 Å². The number of carbonyl (C=O) groups is 1. The second-order valence-electron chi connectivity index (χ2n) is 5.06. The minimum absolute atomic E-state index is 0.237. The summed E-state index contributed by atoms with van der Waals surface area (Å²) in [5, 5.41) is 2.78. The summed E-state index contributed by atoms with van der Waals surface area (Å²) in [6, 6.07) is 12.6. The van der Waals surface area contributed by atoms with E-state index in [-0.39, 0.29) is 5.91 Å². The van der Waals surface area contributed by atoms with E-state index in [0.29, 0.717) is 29.5 Å². The van der Waals surface area contributed by atoms with Crippen molar-refractivity contribution in [2.24, 2.45) is 0 Å². The minimum atomic E-state index is -0.237. The molecule has 2 aromatic carbocycles. The Morgan fingerprint density at radius 2 is 1.96 bits per heavy atom. The highest BCUT2D eigenvalue weighted by atomic mass is 16.5. The van der Waals surface area contributed by atoms with Crippen molar-refractivity contribution >= 4 is 17.7 Å². The number of nitrogens with one attached hydrogen (secondary N) is 1. The number of ether oxygens (including phenoxy) is 3. The lowest BCUT2D eigenvalue weighted by Gasteiger charge is -2.09. The number of carbonyl (C=O) groups excluding carboxylic acids is 1. The molecule has 2 rings (SSSR count). The third kappa shape index (κ3) is 5.42. The van der Waals surface area contributed by atoms with Gasteiger partial charge in [-0.15, -0.1) is 0 Å². The molecular formula is C20H21NO4. The highest BCUT2D eigenvalue weighted by Gasteiger charge is 2.05. The smallest absolute Gasteiger partial charge is 0.248 e. The van der Waals surface area contributed by atoms with Gasteiger partial charge in [0.1, 0.15) is 12.4 Å². The highest BCUT2D eigenvalue weighted by molar-refractivity contribution is 6.02. The molecular weight excluding hydrogens is 318 g/mol. The predicted molar refractivity (Wildman–Crippen MR) is 99.3 cm³/mol. The van der Waals surface area contributed by atoms with Crippen LogP contribution in [0.25, 0.3) is 6.08 Å². The molecule has 5 heteroatoms. The fourth-order valence-corrected chi connectivity index (χ4v) is 2.11. The van der Waals surface area contributed by atoms with Gasteiger partial charge in [-0.05, 0) is 35.9 Å². The quantitative estimate of drug-likeness (QED) is 0.585. The summed E-state index contributed by atoms with van der Waals surface area (Å²) in [5.74, 6) is 1.67. The van der Waals surface area contributed by atoms with Gasteiger partial charge in [0.25, 0.3) is 0 Å². The zero-order chi connectivity index (χ0) is 18.1. The lowest BCUT2D eigenvalue weighted by Crippen LogP contribution is -2.07. The Morgan fingerprint density at radius 3 is 2.68 bits per heavy atom. The molecule has 25 heavy (non-hydrogen) atoms. The summed E-state index contributed by atoms with van der Waals surface area (Å²) < 4.78 is 15.9. The standard InChI is InChI=1S/C20H21NO4/c1-4-12-25-18-10-8-15(13-19(18)24-3)9-11-20(22)21-16-6-5-7-17(14-16)23-2/h4-11,13-14H,1,12H2,2-3H3,(H,21,22)/b11-9+. The first-order valence-corrected chi connectivity index (χ1v) is 7.71. The second kappa shape index (κ2) is 9.17. The summed E-state index contributed by atoms with van der Waals surface area (Å²) in [4.78, 5) is 12.0. The highest BCUT2D eigenvalue weighted by Crippen LogP contribution is 2.28. The number of amides is 1. The second-order valence-corrected chi connectivity index (χ2v) is 5.06. The predicted octanol–water partition coefficient (Wildman–Crippen LogP) is 3.92. The maximum atomic E-state index is 12.0. The maximum Gasteiger partial charge on any atom is 0.248 e. The molecule has 5 nitrogen and oxygen atoms in total. The molecule has 0 radical (unpaired) electrons. The zero-order valence-corrected chi connectivity index (χ0v) is 14.3. The van der Waals surface area contributed by atoms with Gasteiger partial charge in [-0.1, -0.05) is 24.8 Å². The molecule has 130 valence electrons. The molecule has 0 fully saturated rings. The molecule has 0 heterocycles. The molecule has 0 saturated carbocycles. The summed E-state index contributed by atoms with van der Waals surface area (Å²) >= 11 is 0. The fourth-order valence-electron chi connectivity index (χ4n) is 2.11. The summed E-state index contributed by atoms with van der Waals surface area (Å²) in [6.45, 7) is 4.01. The van der Waals surface area contributed by atoms with Crippen LogP contribution in [0, 0.1) is 0 Å². The van der Waals surface area contributed by atoms with Crippen molar-refractivity contribution in [2.45, 2.75) is 0 Å². The molecule has 0 spiro atoms. The molecule has 2 aromatic rings. The first-order valence-electron chi connectivity index (χ1n) is 7.71. The minimum Gasteiger partial charge on any atom is -0.497 e. The number of hydrogen-bond donors (Lipinski definition) is 1. The Morgan fingerprint density at radius 1 is 1.12 bits per heavy atom. The van der Waals surface area contributed by atoms with E-state index in [0.717, 1.165) is 5.56 Å². The van der Waals surface area contributed by atoms with Crippen molar-refractivity contribution in [3.8, 4) is 17.2 Å². The average Bonchev–Trinajstić information content (AvgIpc) is 2.65. The maximum absolute atomic E-state index is 12.0. The van der Waals surface area contributed by atoms with E-state index < -0.39 is 0 Å². The van der Waals surface area contributed by atoms with E-state index in [1.54, 1.807) is 50.6 Å². The van der Waals surface area contributed by atoms with Crippen LogP contribution >= 0.6 is 0 Å². The Bertz CT molecular complexity index is 768. The summed E-state index contributed by atoms with van der Waals surface area (Å²) in [7, 11) is 3.15. The SMILES string of the molecule is C=CCOc1ccc(/C=C/C(=O)Nc2cccc(OC)c2)cc1OC. The van der Waals surface area contributed by atoms with Gasteiger partial charge >= 0.3 is 0 Å². The van der Waals surface area contributed by atoms with Gasteiger partial charge in [0.15, 0.2) is 11.5 Å². The summed E-state index contributed by atoms with van der Waals surface area (Å²) in [6.07, 6.45) is 4.82. The van der Waals surface area contributed by atoms with Crippen molar-refractivity contribution < 1.29 is 19.0 Å². The number of benzene rings is 2. The Hall–Kier alpha value is -3.21. The first-order chi connectivity index (χ1) is 12.2. The normalized spacial score (nSPS) is 10.3. The van der Waals surface area contributed by atoms with Gasteiger partial charge in [-0.3, -0.25) is 4.79 Å². The topological polar surface area (TPSA) is 56.8 Å². The zero-order valence-electron chi connectivity index (χ0n) is 14.3. The molecule has 1 N–H and O–H groups in total. The van der Waals surface area contributed by atoms with E-state index in [4.69, 9.17) is 14.2 Å². The Kier molecular flexibility index (Phi) is 6.65. The van der Waals surface area contributed by atoms with Crippen LogP contribution in [0.4, 0.5) is 5.69 Å². The number of rotatable bonds is 8. The van der Waals surface area contributed by atoms with Crippen LogP contribution in [0.5, 0.6) is 17.2 Å². The lowest BCUT2D eigenvalue weighted by molar-refractivity contribution is -0.111. The van der Waals surface area contributed by atoms with E-state index in [9.17, 15) is 4.79 Å². The van der Waals surface area contributed by atoms with Crippen LogP contribution in [0.3, 0.4) is 0 Å². The van der Waals surface area contributed by atoms with E-state index in [2.05, 4.69) is 11.9 Å². The molecule has 0 aliphatic heterocycles. The third-order valence-electron chi connectivity index (χ3n) is 3.31. The molecule has 0 unspecified atom stereocenters. The molecule has 0 aliphatic rings. The van der Waals surface area contributed by atoms with Gasteiger partial charge in [-0.2, -0.15) is 0 Å². The Labute approximate surface area is 147 Å². The van der Waals surface area contributed by atoms with Crippen molar-refractivity contribution in [3.05, 3.63) is 66.8 Å². The fraction of sp³-hybridized carbons (Fsp3) is 0.150. The van der Waals surface area contributed by atoms with Crippen LogP contribution in [-0.4, -0.2) is 26.7 Å². The van der Waals surface area contributed by atoms with Crippen molar-refractivity contribution in [1.82, 2.24) is 0 Å². The number of hydrogen-bond acceptors (Lipinski definition) is 4. The van der Waals surface area contributed by atoms with Gasteiger partial charge in [0, 0.05) is 17.8 Å². The molecule has 1 amide bonds. The lowest BCUT2D eigenvalue weighted by atomic mass is 10.2. The van der Waals surface area contributed by atoms with E-state index in [1.807, 2.05) is 18.2 Å². The van der Waals surface area contributed by atoms with Gasteiger partial charge in [0.2, 0.25) is 5.91 Å². The summed E-state index contributed by atoms with van der Waals surface area (Å²) in [5.41, 5.74) is 1.49. The third-order valence-corrected chi connectivity index (χ3v) is 3.31. The first kappa shape index (κ1) is 18.1. The van der Waals surface area contributed by atoms with Gasteiger partial charge < -0.3 is 19.5 Å². The van der Waals surface area contributed by atoms with Crippen molar-refractivity contribution in [1.29, 1.82) is 0 Å². The van der Waals surface area contributed by atoms with Crippen molar-refractivity contribution in [2.75, 3.05) is 26.1 Å². The number of methoxy groups -OCH3 is 2. The monoisotopic (exact) mass is 339 g/mol. The molecule has 0 bridgehead atoms.